The molecular weight excluding hydrogens is 280 g/mol. The van der Waals surface area contributed by atoms with Crippen molar-refractivity contribution >= 4 is 0 Å². The van der Waals surface area contributed by atoms with Crippen LogP contribution in [0.2, 0.25) is 0 Å². The van der Waals surface area contributed by atoms with Crippen molar-refractivity contribution in [1.29, 1.82) is 0 Å². The Labute approximate surface area is 136 Å². The summed E-state index contributed by atoms with van der Waals surface area (Å²) in [6, 6.07) is 0. The topological polar surface area (TPSA) is 36.9 Å². The highest BCUT2D eigenvalue weighted by Crippen LogP contribution is 2.15. The minimum atomic E-state index is 0.469. The second-order valence-electron chi connectivity index (χ2n) is 7.29. The largest absolute Gasteiger partial charge is 0.379 e. The second-order valence-corrected chi connectivity index (χ2v) is 7.29. The summed E-state index contributed by atoms with van der Waals surface area (Å²) in [6.07, 6.45) is 2.27. The third-order valence-electron chi connectivity index (χ3n) is 3.77. The molecule has 22 heavy (non-hydrogen) atoms. The predicted molar refractivity (Wildman–Crippen MR) is 89.2 cm³/mol. The molecule has 1 aliphatic rings. The van der Waals surface area contributed by atoms with Crippen molar-refractivity contribution < 1.29 is 18.9 Å². The van der Waals surface area contributed by atoms with Crippen molar-refractivity contribution in [1.82, 2.24) is 0 Å². The van der Waals surface area contributed by atoms with Gasteiger partial charge < -0.3 is 18.9 Å². The van der Waals surface area contributed by atoms with Gasteiger partial charge in [0.25, 0.3) is 0 Å². The first kappa shape index (κ1) is 19.9. The van der Waals surface area contributed by atoms with Gasteiger partial charge in [0, 0.05) is 11.8 Å². The fourth-order valence-electron chi connectivity index (χ4n) is 2.94. The van der Waals surface area contributed by atoms with Crippen LogP contribution in [0.15, 0.2) is 0 Å². The highest BCUT2D eigenvalue weighted by molar-refractivity contribution is 4.62. The standard InChI is InChI=1S/C18H36O4/c1-15(2)9-17-11-19-5-7-21-13-18(10-16(3)4)14-22-8-6-20-12-17/h15-18H,5-14H2,1-4H3. The van der Waals surface area contributed by atoms with Crippen LogP contribution < -0.4 is 0 Å². The van der Waals surface area contributed by atoms with E-state index in [1.807, 2.05) is 0 Å². The van der Waals surface area contributed by atoms with Gasteiger partial charge in [0.05, 0.1) is 52.9 Å². The lowest BCUT2D eigenvalue weighted by Crippen LogP contribution is -2.24. The molecule has 4 nitrogen and oxygen atoms in total. The molecule has 0 aromatic rings. The molecule has 0 amide bonds. The van der Waals surface area contributed by atoms with Crippen LogP contribution in [0.3, 0.4) is 0 Å². The van der Waals surface area contributed by atoms with Crippen LogP contribution in [-0.2, 0) is 18.9 Å². The molecule has 1 heterocycles. The highest BCUT2D eigenvalue weighted by atomic mass is 16.5. The summed E-state index contributed by atoms with van der Waals surface area (Å²) in [4.78, 5) is 0. The minimum absolute atomic E-state index is 0.469. The molecule has 0 aromatic heterocycles. The second kappa shape index (κ2) is 12.3. The van der Waals surface area contributed by atoms with Crippen molar-refractivity contribution in [2.75, 3.05) is 52.9 Å². The monoisotopic (exact) mass is 316 g/mol. The molecule has 0 aromatic carbocycles. The molecule has 0 radical (unpaired) electrons. The molecule has 0 bridgehead atoms. The Hall–Kier alpha value is -0.160. The van der Waals surface area contributed by atoms with Gasteiger partial charge in [-0.2, -0.15) is 0 Å². The summed E-state index contributed by atoms with van der Waals surface area (Å²) in [5.41, 5.74) is 0. The summed E-state index contributed by atoms with van der Waals surface area (Å²) in [6.45, 7) is 14.7. The predicted octanol–water partition coefficient (Wildman–Crippen LogP) is 3.39. The smallest absolute Gasteiger partial charge is 0.0700 e. The molecule has 0 unspecified atom stereocenters. The average Bonchev–Trinajstić information content (AvgIpc) is 2.43. The van der Waals surface area contributed by atoms with Gasteiger partial charge in [0.1, 0.15) is 0 Å². The first-order valence-corrected chi connectivity index (χ1v) is 8.88. The van der Waals surface area contributed by atoms with Crippen LogP contribution in [0.5, 0.6) is 0 Å². The third kappa shape index (κ3) is 10.5. The molecular formula is C18H36O4. The van der Waals surface area contributed by atoms with Gasteiger partial charge in [0.2, 0.25) is 0 Å². The molecule has 132 valence electrons. The van der Waals surface area contributed by atoms with Crippen molar-refractivity contribution in [2.24, 2.45) is 23.7 Å². The maximum atomic E-state index is 5.77. The molecule has 1 fully saturated rings. The van der Waals surface area contributed by atoms with Crippen molar-refractivity contribution in [3.63, 3.8) is 0 Å². The zero-order valence-electron chi connectivity index (χ0n) is 15.0. The summed E-state index contributed by atoms with van der Waals surface area (Å²) in [5.74, 6) is 2.27. The summed E-state index contributed by atoms with van der Waals surface area (Å²) in [5, 5.41) is 0. The summed E-state index contributed by atoms with van der Waals surface area (Å²) >= 11 is 0. The van der Waals surface area contributed by atoms with Crippen LogP contribution in [0, 0.1) is 23.7 Å². The van der Waals surface area contributed by atoms with Crippen LogP contribution in [-0.4, -0.2) is 52.9 Å². The molecule has 4 heteroatoms. The maximum absolute atomic E-state index is 5.77. The van der Waals surface area contributed by atoms with Gasteiger partial charge in [-0.1, -0.05) is 27.7 Å². The first-order valence-electron chi connectivity index (χ1n) is 8.88. The van der Waals surface area contributed by atoms with Crippen LogP contribution in [0.1, 0.15) is 40.5 Å². The molecule has 0 aliphatic carbocycles. The first-order chi connectivity index (χ1) is 10.6. The van der Waals surface area contributed by atoms with E-state index in [1.54, 1.807) is 0 Å². The lowest BCUT2D eigenvalue weighted by atomic mass is 9.98. The normalized spacial score (nSPS) is 27.0. The third-order valence-corrected chi connectivity index (χ3v) is 3.77. The molecule has 1 aliphatic heterocycles. The van der Waals surface area contributed by atoms with Gasteiger partial charge in [-0.05, 0) is 24.7 Å². The maximum Gasteiger partial charge on any atom is 0.0700 e. The van der Waals surface area contributed by atoms with E-state index in [2.05, 4.69) is 27.7 Å². The fourth-order valence-corrected chi connectivity index (χ4v) is 2.94. The van der Waals surface area contributed by atoms with Gasteiger partial charge in [0.15, 0.2) is 0 Å². The van der Waals surface area contributed by atoms with Crippen LogP contribution in [0.25, 0.3) is 0 Å². The highest BCUT2D eigenvalue weighted by Gasteiger charge is 2.14. The van der Waals surface area contributed by atoms with Crippen LogP contribution in [0.4, 0.5) is 0 Å². The molecule has 0 atom stereocenters. The number of ether oxygens (including phenoxy) is 4. The minimum Gasteiger partial charge on any atom is -0.379 e. The molecule has 1 saturated heterocycles. The van der Waals surface area contributed by atoms with Crippen molar-refractivity contribution in [2.45, 2.75) is 40.5 Å². The lowest BCUT2D eigenvalue weighted by molar-refractivity contribution is -0.0374. The van der Waals surface area contributed by atoms with E-state index in [1.165, 1.54) is 0 Å². The lowest BCUT2D eigenvalue weighted by Gasteiger charge is -2.22. The number of rotatable bonds is 4. The summed E-state index contributed by atoms with van der Waals surface area (Å²) < 4.78 is 23.1. The zero-order chi connectivity index (χ0) is 16.2. The molecule has 0 N–H and O–H groups in total. The van der Waals surface area contributed by atoms with E-state index in [9.17, 15) is 0 Å². The van der Waals surface area contributed by atoms with E-state index < -0.39 is 0 Å². The molecule has 0 spiro atoms. The Morgan fingerprint density at radius 3 is 1.09 bits per heavy atom. The van der Waals surface area contributed by atoms with Gasteiger partial charge in [-0.15, -0.1) is 0 Å². The van der Waals surface area contributed by atoms with Crippen molar-refractivity contribution in [3.05, 3.63) is 0 Å². The van der Waals surface area contributed by atoms with Gasteiger partial charge in [-0.3, -0.25) is 0 Å². The van der Waals surface area contributed by atoms with Gasteiger partial charge in [-0.25, -0.2) is 0 Å². The van der Waals surface area contributed by atoms with E-state index in [4.69, 9.17) is 18.9 Å². The number of hydrogen-bond acceptors (Lipinski definition) is 4. The fraction of sp³-hybridized carbons (Fsp3) is 1.00. The Bertz CT molecular complexity index is 213. The Morgan fingerprint density at radius 2 is 0.864 bits per heavy atom. The van der Waals surface area contributed by atoms with E-state index in [0.717, 1.165) is 39.3 Å². The van der Waals surface area contributed by atoms with E-state index in [0.29, 0.717) is 50.1 Å². The van der Waals surface area contributed by atoms with E-state index in [-0.39, 0.29) is 0 Å². The van der Waals surface area contributed by atoms with Gasteiger partial charge >= 0.3 is 0 Å². The Kier molecular flexibility index (Phi) is 11.1. The molecule has 0 saturated carbocycles. The Balaban J connectivity index is 2.35. The molecule has 1 rings (SSSR count). The summed E-state index contributed by atoms with van der Waals surface area (Å²) in [7, 11) is 0. The van der Waals surface area contributed by atoms with Crippen LogP contribution >= 0.6 is 0 Å². The SMILES string of the molecule is CC(C)CC1COCCOCC(CC(C)C)COCCOC1. The quantitative estimate of drug-likeness (QED) is 0.796. The average molecular weight is 316 g/mol. The Morgan fingerprint density at radius 1 is 0.591 bits per heavy atom. The zero-order valence-corrected chi connectivity index (χ0v) is 15.0. The van der Waals surface area contributed by atoms with Crippen molar-refractivity contribution in [3.8, 4) is 0 Å². The van der Waals surface area contributed by atoms with E-state index >= 15 is 0 Å². The number of hydrogen-bond donors (Lipinski definition) is 0.